The molecule has 0 aromatic carbocycles. The summed E-state index contributed by atoms with van der Waals surface area (Å²) in [7, 11) is -10.3. The van der Waals surface area contributed by atoms with Gasteiger partial charge in [0.1, 0.15) is 0 Å². The minimum absolute atomic E-state index is 0.0458. The number of nitrogens with one attached hydrogen (secondary N) is 2. The van der Waals surface area contributed by atoms with Gasteiger partial charge in [-0.25, -0.2) is 9.97 Å². The second-order valence-electron chi connectivity index (χ2n) is 37.5. The van der Waals surface area contributed by atoms with Crippen molar-refractivity contribution in [3.8, 4) is 45.9 Å². The lowest BCUT2D eigenvalue weighted by Crippen LogP contribution is -2.57. The van der Waals surface area contributed by atoms with Crippen LogP contribution in [0.3, 0.4) is 0 Å². The molecule has 5 heterocycles. The summed E-state index contributed by atoms with van der Waals surface area (Å²) in [6.07, 6.45) is 8.69. The van der Waals surface area contributed by atoms with E-state index in [1.807, 2.05) is 0 Å². The highest BCUT2D eigenvalue weighted by Crippen LogP contribution is 2.65. The Labute approximate surface area is 520 Å². The molecule has 0 atom stereocenters. The monoisotopic (exact) mass is 1200 g/mol. The summed E-state index contributed by atoms with van der Waals surface area (Å²) in [4.78, 5) is 19.5. The van der Waals surface area contributed by atoms with E-state index in [9.17, 15) is 0 Å². The van der Waals surface area contributed by atoms with Gasteiger partial charge in [0.15, 0.2) is 32.3 Å². The van der Waals surface area contributed by atoms with Gasteiger partial charge in [0.25, 0.3) is 0 Å². The molecule has 2 aliphatic rings. The summed E-state index contributed by atoms with van der Waals surface area (Å²) in [5.41, 5.74) is 27.4. The number of rotatable bonds is 0. The molecule has 0 fully saturated rings. The zero-order chi connectivity index (χ0) is 65.1. The summed E-state index contributed by atoms with van der Waals surface area (Å²) >= 11 is 0. The summed E-state index contributed by atoms with van der Waals surface area (Å²) in [6, 6.07) is 8.89. The number of aromatic nitrogens is 4. The van der Waals surface area contributed by atoms with Gasteiger partial charge in [-0.2, -0.15) is 0 Å². The molecule has 3 aromatic heterocycles. The normalized spacial score (nSPS) is 14.9. The number of aromatic amines is 2. The van der Waals surface area contributed by atoms with Crippen LogP contribution < -0.4 is 0 Å². The van der Waals surface area contributed by atoms with Gasteiger partial charge < -0.3 is 9.97 Å². The van der Waals surface area contributed by atoms with Gasteiger partial charge in [-0.15, -0.1) is 22.2 Å². The molecule has 0 radical (unpaired) electrons. The Hall–Kier alpha value is -4.29. The lowest BCUT2D eigenvalue weighted by atomic mass is 10.1. The Morgan fingerprint density at radius 1 is 0.238 bits per heavy atom. The van der Waals surface area contributed by atoms with Crippen molar-refractivity contribution in [2.45, 2.75) is 310 Å². The zero-order valence-corrected chi connectivity index (χ0v) is 64.5. The Morgan fingerprint density at radius 3 is 0.583 bits per heavy atom. The molecule has 0 amide bonds. The first-order valence-electron chi connectivity index (χ1n) is 31.5. The van der Waals surface area contributed by atoms with Gasteiger partial charge in [-0.3, -0.25) is 0 Å². The molecular formula is C76H118N4Si4. The van der Waals surface area contributed by atoms with Gasteiger partial charge in [-0.05, 0) is 109 Å². The van der Waals surface area contributed by atoms with Crippen molar-refractivity contribution in [1.29, 1.82) is 0 Å². The van der Waals surface area contributed by atoms with E-state index in [1.54, 1.807) is 0 Å². The van der Waals surface area contributed by atoms with Crippen LogP contribution in [0.25, 0.3) is 46.4 Å². The molecule has 2 N–H and O–H groups in total. The molecule has 0 saturated carbocycles. The second kappa shape index (κ2) is 21.8. The smallest absolute Gasteiger partial charge is 0.154 e. The maximum absolute atomic E-state index is 5.72. The second-order valence-corrected chi connectivity index (χ2v) is 62.5. The molecule has 0 spiro atoms. The lowest BCUT2D eigenvalue weighted by Gasteiger charge is -2.55. The van der Waals surface area contributed by atoms with Crippen molar-refractivity contribution >= 4 is 78.7 Å². The highest BCUT2D eigenvalue weighted by molar-refractivity contribution is 6.96. The van der Waals surface area contributed by atoms with Crippen LogP contribution in [-0.4, -0.2) is 52.2 Å². The summed E-state index contributed by atoms with van der Waals surface area (Å²) in [5, 5.41) is -0.623. The molecule has 0 saturated heterocycles. The molecule has 2 aliphatic heterocycles. The van der Waals surface area contributed by atoms with Gasteiger partial charge >= 0.3 is 0 Å². The third-order valence-corrected chi connectivity index (χ3v) is 48.8. The fourth-order valence-electron chi connectivity index (χ4n) is 20.1. The van der Waals surface area contributed by atoms with Crippen molar-refractivity contribution in [1.82, 2.24) is 19.9 Å². The first-order valence-corrected chi connectivity index (χ1v) is 39.5. The number of hydrogen-bond donors (Lipinski definition) is 2. The number of nitrogens with zero attached hydrogens (tertiary/aromatic N) is 2. The van der Waals surface area contributed by atoms with Gasteiger partial charge in [0, 0.05) is 0 Å². The number of fused-ring (bicyclic) bond motifs is 8. The Morgan fingerprint density at radius 2 is 0.393 bits per heavy atom. The quantitative estimate of drug-likeness (QED) is 0.120. The molecule has 4 nitrogen and oxygen atoms in total. The number of hydrogen-bond acceptors (Lipinski definition) is 2. The predicted octanol–water partition coefficient (Wildman–Crippen LogP) is 23.6. The molecule has 0 aliphatic carbocycles. The summed E-state index contributed by atoms with van der Waals surface area (Å²) < 4.78 is 0. The molecule has 5 rings (SSSR count). The Kier molecular flexibility index (Phi) is 18.3. The van der Waals surface area contributed by atoms with Gasteiger partial charge in [0.2, 0.25) is 0 Å². The van der Waals surface area contributed by atoms with Crippen LogP contribution in [0, 0.1) is 45.9 Å². The van der Waals surface area contributed by atoms with Crippen molar-refractivity contribution in [2.75, 3.05) is 0 Å². The van der Waals surface area contributed by atoms with Crippen LogP contribution >= 0.6 is 0 Å². The highest BCUT2D eigenvalue weighted by Gasteiger charge is 2.63. The van der Waals surface area contributed by atoms with E-state index in [2.05, 4.69) is 354 Å². The van der Waals surface area contributed by atoms with Gasteiger partial charge in [-0.1, -0.05) is 273 Å². The molecule has 84 heavy (non-hydrogen) atoms. The van der Waals surface area contributed by atoms with E-state index in [-0.39, 0.29) is 60.5 Å². The summed E-state index contributed by atoms with van der Waals surface area (Å²) in [5.74, 6) is 16.1. The number of H-pyrrole nitrogens is 2. The largest absolute Gasteiger partial charge is 0.353 e. The molecule has 458 valence electrons. The van der Waals surface area contributed by atoms with E-state index in [0.717, 1.165) is 67.1 Å². The zero-order valence-electron chi connectivity index (χ0n) is 60.5. The van der Waals surface area contributed by atoms with Crippen LogP contribution in [-0.2, 0) is 0 Å². The minimum atomic E-state index is -2.58. The first kappa shape index (κ1) is 70.5. The molecule has 8 bridgehead atoms. The van der Waals surface area contributed by atoms with E-state index in [4.69, 9.17) is 9.97 Å². The SMILES string of the molecule is CC(C)(C)[Si](C#Cc1c2nc(c(C#C[Si](C(C)(C)C)(C(C)(C)C)C(C)(C)C)c3ccc([nH]3)c(C#C[Si](C(C)(C)C)(C(C)(C)C)C(C)(C)C)c3ccc([nH]3)c(C#C[Si](C(C)(C)C)(C(C)(C)C)C(C)(C)C)c3nc1C=C3)C=C2)(C(C)(C)C)C(C)(C)C. The van der Waals surface area contributed by atoms with E-state index >= 15 is 0 Å². The van der Waals surface area contributed by atoms with E-state index in [0.29, 0.717) is 0 Å². The fourth-order valence-corrected chi connectivity index (χ4v) is 52.9. The van der Waals surface area contributed by atoms with Crippen LogP contribution in [0.15, 0.2) is 24.3 Å². The molecule has 3 aromatic rings. The fraction of sp³-hybridized carbons (Fsp3) is 0.632. The van der Waals surface area contributed by atoms with Crippen molar-refractivity contribution < 1.29 is 0 Å². The maximum Gasteiger partial charge on any atom is 0.154 e. The Bertz CT molecular complexity index is 3220. The standard InChI is InChI=1S/C76H118N4Si4/c1-65(2,3)81(66(4,5)6,67(7,8)9)49-45-53-57-37-39-59(77-57)54(46-50-82(68(10,11)12,69(13,14)15)70(16,17)18)61-41-43-63(79-61)56(48-52-84(74(28,29)30,75(31,32)33)76(34,35)36)64-44-42-62(80-64)55(60-40-38-58(53)78-60)47-51-83(71(19,20)21,72(22,23)24)73(25,26)27/h37-44,77-78H,1-36H3. The molecule has 0 unspecified atom stereocenters. The first-order chi connectivity index (χ1) is 37.2. The van der Waals surface area contributed by atoms with Gasteiger partial charge in [0.05, 0.1) is 67.1 Å². The van der Waals surface area contributed by atoms with Crippen molar-refractivity contribution in [2.24, 2.45) is 0 Å². The van der Waals surface area contributed by atoms with Crippen LogP contribution in [0.1, 0.15) is 294 Å². The maximum atomic E-state index is 5.72. The van der Waals surface area contributed by atoms with E-state index < -0.39 is 32.3 Å². The van der Waals surface area contributed by atoms with E-state index in [1.165, 1.54) is 0 Å². The predicted molar refractivity (Wildman–Crippen MR) is 386 cm³/mol. The third-order valence-electron chi connectivity index (χ3n) is 19.8. The average molecular weight is 1200 g/mol. The third kappa shape index (κ3) is 11.9. The van der Waals surface area contributed by atoms with Crippen LogP contribution in [0.5, 0.6) is 0 Å². The Balaban J connectivity index is 2.31. The van der Waals surface area contributed by atoms with Crippen LogP contribution in [0.4, 0.5) is 0 Å². The van der Waals surface area contributed by atoms with Crippen molar-refractivity contribution in [3.05, 3.63) is 69.3 Å². The highest BCUT2D eigenvalue weighted by atomic mass is 28.3. The molecule has 8 heteroatoms. The molecular weight excluding hydrogens is 1080 g/mol. The summed E-state index contributed by atoms with van der Waals surface area (Å²) in [6.45, 7) is 87.1. The average Bonchev–Trinajstić information content (AvgIpc) is 0.991. The van der Waals surface area contributed by atoms with Crippen molar-refractivity contribution in [3.63, 3.8) is 0 Å². The minimum Gasteiger partial charge on any atom is -0.353 e. The lowest BCUT2D eigenvalue weighted by molar-refractivity contribution is 0.548. The van der Waals surface area contributed by atoms with Crippen LogP contribution in [0.2, 0.25) is 60.5 Å². The topological polar surface area (TPSA) is 57.4 Å².